The molecule has 1 aromatic rings. The molecule has 108 valence electrons. The van der Waals surface area contributed by atoms with Crippen LogP contribution in [0.25, 0.3) is 0 Å². The summed E-state index contributed by atoms with van der Waals surface area (Å²) in [5, 5.41) is 8.01. The number of nitrogens with one attached hydrogen (secondary N) is 1. The molecule has 2 unspecified atom stereocenters. The van der Waals surface area contributed by atoms with Gasteiger partial charge in [0.2, 0.25) is 0 Å². The Bertz CT molecular complexity index is 395. The van der Waals surface area contributed by atoms with Crippen LogP contribution in [-0.4, -0.2) is 22.0 Å². The molecule has 1 N–H and O–H groups in total. The summed E-state index contributed by atoms with van der Waals surface area (Å²) in [5.41, 5.74) is 1.39. The van der Waals surface area contributed by atoms with Crippen molar-refractivity contribution in [2.45, 2.75) is 70.2 Å². The van der Waals surface area contributed by atoms with E-state index in [0.717, 1.165) is 11.8 Å². The molecule has 0 spiro atoms. The summed E-state index contributed by atoms with van der Waals surface area (Å²) < 4.78 is 0. The van der Waals surface area contributed by atoms with Gasteiger partial charge in [-0.15, -0.1) is 11.3 Å². The van der Waals surface area contributed by atoms with E-state index in [1.165, 1.54) is 35.7 Å². The Hall–Kier alpha value is -0.0600. The van der Waals surface area contributed by atoms with Gasteiger partial charge in [0, 0.05) is 28.6 Å². The maximum Gasteiger partial charge on any atom is 0.0982 e. The molecule has 0 aromatic carbocycles. The molecule has 19 heavy (non-hydrogen) atoms. The zero-order valence-corrected chi connectivity index (χ0v) is 14.2. The van der Waals surface area contributed by atoms with Gasteiger partial charge < -0.3 is 5.32 Å². The fraction of sp³-hybridized carbons (Fsp3) is 0.800. The van der Waals surface area contributed by atoms with E-state index in [0.29, 0.717) is 6.04 Å². The molecule has 0 aliphatic heterocycles. The lowest BCUT2D eigenvalue weighted by molar-refractivity contribution is 0.517. The van der Waals surface area contributed by atoms with Crippen molar-refractivity contribution in [2.24, 2.45) is 0 Å². The Morgan fingerprint density at radius 2 is 2.21 bits per heavy atom. The average Bonchev–Trinajstić information content (AvgIpc) is 2.94. The van der Waals surface area contributed by atoms with E-state index >= 15 is 0 Å². The first-order valence-corrected chi connectivity index (χ1v) is 9.21. The predicted octanol–water partition coefficient (Wildman–Crippen LogP) is 4.20. The number of hydrogen-bond donors (Lipinski definition) is 1. The lowest BCUT2D eigenvalue weighted by Gasteiger charge is -2.14. The van der Waals surface area contributed by atoms with Crippen molar-refractivity contribution in [2.75, 3.05) is 5.75 Å². The van der Waals surface area contributed by atoms with Crippen LogP contribution in [0.4, 0.5) is 0 Å². The summed E-state index contributed by atoms with van der Waals surface area (Å²) in [4.78, 5) is 4.75. The van der Waals surface area contributed by atoms with Gasteiger partial charge in [-0.2, -0.15) is 11.8 Å². The number of rotatable bonds is 5. The number of nitrogens with zero attached hydrogens (tertiary/aromatic N) is 1. The smallest absolute Gasteiger partial charge is 0.0982 e. The lowest BCUT2D eigenvalue weighted by atomic mass is 9.98. The summed E-state index contributed by atoms with van der Waals surface area (Å²) >= 11 is 3.91. The van der Waals surface area contributed by atoms with Crippen LogP contribution in [0.2, 0.25) is 0 Å². The van der Waals surface area contributed by atoms with Gasteiger partial charge in [0.1, 0.15) is 0 Å². The minimum Gasteiger partial charge on any atom is -0.308 e. The molecule has 4 heteroatoms. The van der Waals surface area contributed by atoms with Crippen LogP contribution in [-0.2, 0) is 12.0 Å². The van der Waals surface area contributed by atoms with Crippen LogP contribution in [0.5, 0.6) is 0 Å². The Kier molecular flexibility index (Phi) is 5.32. The van der Waals surface area contributed by atoms with Crippen molar-refractivity contribution < 1.29 is 0 Å². The third-order valence-corrected chi connectivity index (χ3v) is 6.10. The van der Waals surface area contributed by atoms with E-state index < -0.39 is 0 Å². The highest BCUT2D eigenvalue weighted by Crippen LogP contribution is 2.30. The van der Waals surface area contributed by atoms with Crippen molar-refractivity contribution in [3.8, 4) is 0 Å². The van der Waals surface area contributed by atoms with Gasteiger partial charge in [-0.1, -0.05) is 27.7 Å². The topological polar surface area (TPSA) is 24.9 Å². The molecule has 1 aromatic heterocycles. The predicted molar refractivity (Wildman–Crippen MR) is 87.2 cm³/mol. The maximum absolute atomic E-state index is 4.75. The zero-order chi connectivity index (χ0) is 13.9. The second kappa shape index (κ2) is 6.59. The lowest BCUT2D eigenvalue weighted by Crippen LogP contribution is -2.26. The van der Waals surface area contributed by atoms with Gasteiger partial charge in [-0.3, -0.25) is 0 Å². The molecule has 0 amide bonds. The Labute approximate surface area is 125 Å². The third-order valence-electron chi connectivity index (χ3n) is 3.55. The fourth-order valence-corrected chi connectivity index (χ4v) is 4.54. The van der Waals surface area contributed by atoms with Gasteiger partial charge in [0.25, 0.3) is 0 Å². The molecule has 2 atom stereocenters. The van der Waals surface area contributed by atoms with Crippen molar-refractivity contribution in [3.05, 3.63) is 16.1 Å². The van der Waals surface area contributed by atoms with E-state index in [9.17, 15) is 0 Å². The summed E-state index contributed by atoms with van der Waals surface area (Å²) in [6.07, 6.45) is 4.03. The van der Waals surface area contributed by atoms with E-state index in [4.69, 9.17) is 4.98 Å². The molecule has 0 radical (unpaired) electrons. The minimum absolute atomic E-state index is 0.180. The fourth-order valence-electron chi connectivity index (χ4n) is 2.49. The molecule has 2 rings (SSSR count). The van der Waals surface area contributed by atoms with Crippen LogP contribution in [0.1, 0.15) is 57.7 Å². The van der Waals surface area contributed by atoms with Gasteiger partial charge in [-0.25, -0.2) is 4.98 Å². The molecule has 1 fully saturated rings. The molecule has 0 bridgehead atoms. The second-order valence-electron chi connectivity index (χ2n) is 6.36. The number of hydrogen-bond acceptors (Lipinski definition) is 4. The maximum atomic E-state index is 4.75. The van der Waals surface area contributed by atoms with E-state index in [-0.39, 0.29) is 5.41 Å². The largest absolute Gasteiger partial charge is 0.308 e. The highest BCUT2D eigenvalue weighted by Gasteiger charge is 2.24. The highest BCUT2D eigenvalue weighted by molar-refractivity contribution is 7.99. The summed E-state index contributed by atoms with van der Waals surface area (Å²) in [7, 11) is 0. The number of thiazole rings is 1. The molecule has 1 aliphatic carbocycles. The first-order chi connectivity index (χ1) is 8.99. The molecule has 1 aliphatic rings. The first-order valence-electron chi connectivity index (χ1n) is 7.29. The van der Waals surface area contributed by atoms with E-state index in [2.05, 4.69) is 50.2 Å². The van der Waals surface area contributed by atoms with Gasteiger partial charge >= 0.3 is 0 Å². The van der Waals surface area contributed by atoms with Crippen molar-refractivity contribution in [3.63, 3.8) is 0 Å². The summed E-state index contributed by atoms with van der Waals surface area (Å²) in [6.45, 7) is 9.88. The van der Waals surface area contributed by atoms with Crippen molar-refractivity contribution in [1.82, 2.24) is 10.3 Å². The zero-order valence-electron chi connectivity index (χ0n) is 12.5. The van der Waals surface area contributed by atoms with Gasteiger partial charge in [0.05, 0.1) is 10.7 Å². The molecule has 1 saturated carbocycles. The number of aromatic nitrogens is 1. The normalized spacial score (nSPS) is 24.0. The average molecular weight is 299 g/mol. The monoisotopic (exact) mass is 298 g/mol. The Balaban J connectivity index is 1.79. The quantitative estimate of drug-likeness (QED) is 0.881. The SMILES string of the molecule is CCSC1CCC(NCc2csc(C(C)(C)C)n2)C1. The second-order valence-corrected chi connectivity index (χ2v) is 8.80. The van der Waals surface area contributed by atoms with E-state index in [1.54, 1.807) is 11.3 Å². The standard InChI is InChI=1S/C15H26N2S2/c1-5-18-13-7-6-11(8-13)16-9-12-10-19-14(17-12)15(2,3)4/h10-11,13,16H,5-9H2,1-4H3. The van der Waals surface area contributed by atoms with Crippen molar-refractivity contribution in [1.29, 1.82) is 0 Å². The minimum atomic E-state index is 0.180. The molecule has 0 saturated heterocycles. The summed E-state index contributed by atoms with van der Waals surface area (Å²) in [5.74, 6) is 1.25. The Morgan fingerprint density at radius 3 is 2.84 bits per heavy atom. The molecular weight excluding hydrogens is 272 g/mol. The third kappa shape index (κ3) is 4.47. The number of thioether (sulfide) groups is 1. The van der Waals surface area contributed by atoms with Crippen LogP contribution >= 0.6 is 23.1 Å². The van der Waals surface area contributed by atoms with Crippen LogP contribution in [0.3, 0.4) is 0 Å². The van der Waals surface area contributed by atoms with Crippen molar-refractivity contribution >= 4 is 23.1 Å². The van der Waals surface area contributed by atoms with Crippen LogP contribution < -0.4 is 5.32 Å². The van der Waals surface area contributed by atoms with Crippen LogP contribution in [0.15, 0.2) is 5.38 Å². The van der Waals surface area contributed by atoms with E-state index in [1.807, 2.05) is 0 Å². The molecule has 2 nitrogen and oxygen atoms in total. The highest BCUT2D eigenvalue weighted by atomic mass is 32.2. The van der Waals surface area contributed by atoms with Gasteiger partial charge in [-0.05, 0) is 25.0 Å². The molecular formula is C15H26N2S2. The van der Waals surface area contributed by atoms with Gasteiger partial charge in [0.15, 0.2) is 0 Å². The summed E-state index contributed by atoms with van der Waals surface area (Å²) in [6, 6.07) is 0.698. The first kappa shape index (κ1) is 15.3. The Morgan fingerprint density at radius 1 is 1.42 bits per heavy atom. The van der Waals surface area contributed by atoms with Crippen LogP contribution in [0, 0.1) is 0 Å². The molecule has 1 heterocycles.